The Morgan fingerprint density at radius 2 is 2.08 bits per heavy atom. The average molecular weight is 349 g/mol. The van der Waals surface area contributed by atoms with Crippen LogP contribution in [-0.4, -0.2) is 43.1 Å². The number of benzene rings is 1. The average Bonchev–Trinajstić information content (AvgIpc) is 2.53. The number of hydrogen-bond donors (Lipinski definition) is 2. The van der Waals surface area contributed by atoms with Gasteiger partial charge in [-0.1, -0.05) is 25.1 Å². The molecule has 2 atom stereocenters. The maximum atomic E-state index is 12.2. The molecular formula is C17H23N3O3S. The van der Waals surface area contributed by atoms with Crippen molar-refractivity contribution in [1.82, 2.24) is 14.6 Å². The fraction of sp³-hybridized carbons (Fsp3) is 0.471. The Hall–Kier alpha value is -1.70. The highest BCUT2D eigenvalue weighted by Gasteiger charge is 2.30. The number of aromatic amines is 1. The highest BCUT2D eigenvalue weighted by atomic mass is 32.2. The van der Waals surface area contributed by atoms with Gasteiger partial charge in [0.2, 0.25) is 10.0 Å². The first-order valence-electron chi connectivity index (χ1n) is 8.14. The molecule has 1 fully saturated rings. The fourth-order valence-electron chi connectivity index (χ4n) is 3.28. The van der Waals surface area contributed by atoms with Crippen molar-refractivity contribution in [3.05, 3.63) is 46.2 Å². The van der Waals surface area contributed by atoms with Crippen molar-refractivity contribution in [2.45, 2.75) is 25.9 Å². The van der Waals surface area contributed by atoms with Crippen LogP contribution in [0.25, 0.3) is 10.9 Å². The molecule has 0 aliphatic carbocycles. The van der Waals surface area contributed by atoms with Crippen LogP contribution < -0.4 is 10.9 Å². The number of aromatic nitrogens is 1. The van der Waals surface area contributed by atoms with Crippen LogP contribution in [0.2, 0.25) is 0 Å². The smallest absolute Gasteiger partial charge is 0.252 e. The number of sulfonamides is 1. The van der Waals surface area contributed by atoms with Gasteiger partial charge in [0, 0.05) is 36.8 Å². The summed E-state index contributed by atoms with van der Waals surface area (Å²) in [5.74, 6) is 0.202. The zero-order valence-electron chi connectivity index (χ0n) is 14.0. The molecule has 3 rings (SSSR count). The van der Waals surface area contributed by atoms with E-state index in [2.05, 4.69) is 10.3 Å². The van der Waals surface area contributed by atoms with E-state index in [4.69, 9.17) is 0 Å². The molecule has 1 aliphatic rings. The number of nitrogens with zero attached hydrogens (tertiary/aromatic N) is 1. The number of para-hydroxylation sites is 1. The molecule has 2 N–H and O–H groups in total. The fourth-order valence-corrected chi connectivity index (χ4v) is 4.22. The van der Waals surface area contributed by atoms with Crippen LogP contribution in [-0.2, 0) is 16.6 Å². The van der Waals surface area contributed by atoms with Gasteiger partial charge in [-0.2, -0.15) is 0 Å². The number of pyridine rings is 1. The highest BCUT2D eigenvalue weighted by molar-refractivity contribution is 7.88. The topological polar surface area (TPSA) is 82.3 Å². The van der Waals surface area contributed by atoms with E-state index in [1.807, 2.05) is 37.3 Å². The molecule has 0 radical (unpaired) electrons. The number of piperidine rings is 1. The Balaban J connectivity index is 1.68. The van der Waals surface area contributed by atoms with Crippen molar-refractivity contribution in [2.24, 2.45) is 5.92 Å². The standard InChI is InChI=1S/C17H23N3O3S/c1-12-11-20(24(2,22)23)8-7-15(12)18-10-14-9-13-5-3-4-6-16(13)19-17(14)21/h3-6,9,12,15,18H,7-8,10-11H2,1-2H3,(H,19,21)/t12-,15+/m0/s1. The van der Waals surface area contributed by atoms with Gasteiger partial charge >= 0.3 is 0 Å². The van der Waals surface area contributed by atoms with Gasteiger partial charge in [-0.15, -0.1) is 0 Å². The highest BCUT2D eigenvalue weighted by Crippen LogP contribution is 2.19. The first kappa shape index (κ1) is 17.1. The van der Waals surface area contributed by atoms with E-state index in [9.17, 15) is 13.2 Å². The molecule has 24 heavy (non-hydrogen) atoms. The van der Waals surface area contributed by atoms with E-state index < -0.39 is 10.0 Å². The summed E-state index contributed by atoms with van der Waals surface area (Å²) in [7, 11) is -3.13. The molecule has 6 nitrogen and oxygen atoms in total. The molecule has 0 spiro atoms. The second-order valence-corrected chi connectivity index (χ2v) is 8.57. The summed E-state index contributed by atoms with van der Waals surface area (Å²) in [6.07, 6.45) is 2.00. The van der Waals surface area contributed by atoms with Crippen molar-refractivity contribution < 1.29 is 8.42 Å². The molecule has 2 aromatic rings. The van der Waals surface area contributed by atoms with Gasteiger partial charge in [0.15, 0.2) is 0 Å². The quantitative estimate of drug-likeness (QED) is 0.871. The van der Waals surface area contributed by atoms with E-state index in [-0.39, 0.29) is 17.5 Å². The normalized spacial score (nSPS) is 22.8. The van der Waals surface area contributed by atoms with Crippen molar-refractivity contribution in [1.29, 1.82) is 0 Å². The van der Waals surface area contributed by atoms with Gasteiger partial charge in [0.25, 0.3) is 5.56 Å². The number of nitrogens with one attached hydrogen (secondary N) is 2. The molecule has 1 saturated heterocycles. The lowest BCUT2D eigenvalue weighted by Gasteiger charge is -2.36. The largest absolute Gasteiger partial charge is 0.322 e. The molecule has 1 aromatic heterocycles. The van der Waals surface area contributed by atoms with E-state index in [0.29, 0.717) is 25.2 Å². The van der Waals surface area contributed by atoms with Crippen LogP contribution in [0.15, 0.2) is 35.1 Å². The molecular weight excluding hydrogens is 326 g/mol. The predicted octanol–water partition coefficient (Wildman–Crippen LogP) is 1.29. The number of hydrogen-bond acceptors (Lipinski definition) is 4. The Bertz CT molecular complexity index is 891. The lowest BCUT2D eigenvalue weighted by molar-refractivity contribution is 0.220. The number of fused-ring (bicyclic) bond motifs is 1. The van der Waals surface area contributed by atoms with Crippen LogP contribution in [0.1, 0.15) is 18.9 Å². The summed E-state index contributed by atoms with van der Waals surface area (Å²) in [4.78, 5) is 15.1. The minimum absolute atomic E-state index is 0.0811. The van der Waals surface area contributed by atoms with Gasteiger partial charge < -0.3 is 10.3 Å². The first-order valence-corrected chi connectivity index (χ1v) is 9.99. The molecule has 1 aliphatic heterocycles. The Morgan fingerprint density at radius 1 is 1.33 bits per heavy atom. The van der Waals surface area contributed by atoms with Crippen LogP contribution >= 0.6 is 0 Å². The molecule has 0 saturated carbocycles. The maximum Gasteiger partial charge on any atom is 0.252 e. The Labute approximate surface area is 141 Å². The van der Waals surface area contributed by atoms with Gasteiger partial charge in [-0.25, -0.2) is 12.7 Å². The van der Waals surface area contributed by atoms with Crippen LogP contribution in [0, 0.1) is 5.92 Å². The second-order valence-electron chi connectivity index (χ2n) is 6.59. The molecule has 0 unspecified atom stereocenters. The molecule has 2 heterocycles. The summed E-state index contributed by atoms with van der Waals surface area (Å²) in [6, 6.07) is 9.82. The van der Waals surface area contributed by atoms with Crippen LogP contribution in [0.3, 0.4) is 0 Å². The van der Waals surface area contributed by atoms with E-state index in [0.717, 1.165) is 17.3 Å². The molecule has 7 heteroatoms. The van der Waals surface area contributed by atoms with E-state index in [1.165, 1.54) is 10.6 Å². The summed E-state index contributed by atoms with van der Waals surface area (Å²) in [5, 5.41) is 4.43. The van der Waals surface area contributed by atoms with Gasteiger partial charge in [0.05, 0.1) is 6.26 Å². The molecule has 1 aromatic carbocycles. The SMILES string of the molecule is C[C@H]1CN(S(C)(=O)=O)CC[C@H]1NCc1cc2ccccc2[nH]c1=O. The van der Waals surface area contributed by atoms with Gasteiger partial charge in [0.1, 0.15) is 0 Å². The molecule has 130 valence electrons. The summed E-state index contributed by atoms with van der Waals surface area (Å²) < 4.78 is 24.8. The number of rotatable bonds is 4. The van der Waals surface area contributed by atoms with Crippen molar-refractivity contribution >= 4 is 20.9 Å². The summed E-state index contributed by atoms with van der Waals surface area (Å²) >= 11 is 0. The monoisotopic (exact) mass is 349 g/mol. The van der Waals surface area contributed by atoms with E-state index >= 15 is 0 Å². The first-order chi connectivity index (χ1) is 11.3. The van der Waals surface area contributed by atoms with Crippen molar-refractivity contribution in [2.75, 3.05) is 19.3 Å². The maximum absolute atomic E-state index is 12.2. The van der Waals surface area contributed by atoms with Crippen LogP contribution in [0.5, 0.6) is 0 Å². The van der Waals surface area contributed by atoms with Gasteiger partial charge in [-0.3, -0.25) is 4.79 Å². The lowest BCUT2D eigenvalue weighted by atomic mass is 9.95. The minimum Gasteiger partial charge on any atom is -0.322 e. The van der Waals surface area contributed by atoms with E-state index in [1.54, 1.807) is 0 Å². The molecule has 0 amide bonds. The van der Waals surface area contributed by atoms with Crippen LogP contribution in [0.4, 0.5) is 0 Å². The second kappa shape index (κ2) is 6.66. The Morgan fingerprint density at radius 3 is 2.79 bits per heavy atom. The zero-order chi connectivity index (χ0) is 17.3. The lowest BCUT2D eigenvalue weighted by Crippen LogP contribution is -2.49. The third-order valence-corrected chi connectivity index (χ3v) is 5.99. The van der Waals surface area contributed by atoms with Crippen molar-refractivity contribution in [3.8, 4) is 0 Å². The predicted molar refractivity (Wildman–Crippen MR) is 95.4 cm³/mol. The van der Waals surface area contributed by atoms with Crippen molar-refractivity contribution in [3.63, 3.8) is 0 Å². The molecule has 0 bridgehead atoms. The Kier molecular flexibility index (Phi) is 4.76. The third-order valence-electron chi connectivity index (χ3n) is 4.72. The van der Waals surface area contributed by atoms with Gasteiger partial charge in [-0.05, 0) is 29.9 Å². The zero-order valence-corrected chi connectivity index (χ0v) is 14.8. The minimum atomic E-state index is -3.13. The summed E-state index contributed by atoms with van der Waals surface area (Å²) in [5.41, 5.74) is 1.45. The summed E-state index contributed by atoms with van der Waals surface area (Å²) in [6.45, 7) is 3.56. The third kappa shape index (κ3) is 3.68. The number of H-pyrrole nitrogens is 1.